The largest absolute Gasteiger partial charge is 0.493 e. The van der Waals surface area contributed by atoms with E-state index in [0.29, 0.717) is 11.3 Å². The molecule has 1 N–H and O–H groups in total. The standard InChI is InChI=1S/C19H14N2O2/c1-13-11-18(22)21(19(23)17(13)12-20)16-9-7-15(8-10-16)14-5-3-2-4-6-14/h2-11,23H,1H3. The SMILES string of the molecule is Cc1cc(=O)n(-c2ccc(-c3ccccc3)cc2)c(O)c1C#N. The van der Waals surface area contributed by atoms with Crippen LogP contribution >= 0.6 is 0 Å². The summed E-state index contributed by atoms with van der Waals surface area (Å²) < 4.78 is 1.14. The number of rotatable bonds is 2. The van der Waals surface area contributed by atoms with Crippen LogP contribution in [-0.4, -0.2) is 9.67 Å². The van der Waals surface area contributed by atoms with E-state index in [0.717, 1.165) is 15.7 Å². The van der Waals surface area contributed by atoms with Gasteiger partial charge in [-0.3, -0.25) is 4.79 Å². The molecular formula is C19H14N2O2. The zero-order chi connectivity index (χ0) is 16.4. The number of hydrogen-bond acceptors (Lipinski definition) is 3. The highest BCUT2D eigenvalue weighted by Gasteiger charge is 2.13. The van der Waals surface area contributed by atoms with Crippen LogP contribution in [-0.2, 0) is 0 Å². The van der Waals surface area contributed by atoms with Gasteiger partial charge in [0.2, 0.25) is 5.88 Å². The second-order valence-electron chi connectivity index (χ2n) is 5.22. The van der Waals surface area contributed by atoms with Crippen molar-refractivity contribution in [2.24, 2.45) is 0 Å². The predicted octanol–water partition coefficient (Wildman–Crippen LogP) is 3.39. The summed E-state index contributed by atoms with van der Waals surface area (Å²) in [6, 6.07) is 20.4. The summed E-state index contributed by atoms with van der Waals surface area (Å²) >= 11 is 0. The summed E-state index contributed by atoms with van der Waals surface area (Å²) in [5.41, 5.74) is 2.80. The predicted molar refractivity (Wildman–Crippen MR) is 88.6 cm³/mol. The van der Waals surface area contributed by atoms with Crippen molar-refractivity contribution in [3.05, 3.63) is 82.1 Å². The first-order chi connectivity index (χ1) is 11.1. The van der Waals surface area contributed by atoms with E-state index in [1.54, 1.807) is 19.1 Å². The lowest BCUT2D eigenvalue weighted by Crippen LogP contribution is -2.19. The Balaban J connectivity index is 2.11. The molecule has 1 heterocycles. The molecule has 1 aromatic heterocycles. The molecule has 23 heavy (non-hydrogen) atoms. The van der Waals surface area contributed by atoms with E-state index < -0.39 is 0 Å². The molecule has 4 nitrogen and oxygen atoms in total. The number of aromatic nitrogens is 1. The van der Waals surface area contributed by atoms with Gasteiger partial charge in [0.05, 0.1) is 5.69 Å². The molecule has 0 saturated heterocycles. The minimum Gasteiger partial charge on any atom is -0.493 e. The van der Waals surface area contributed by atoms with Crippen LogP contribution in [0, 0.1) is 18.3 Å². The van der Waals surface area contributed by atoms with Gasteiger partial charge in [0.1, 0.15) is 11.6 Å². The van der Waals surface area contributed by atoms with Gasteiger partial charge in [0, 0.05) is 6.07 Å². The number of pyridine rings is 1. The van der Waals surface area contributed by atoms with E-state index in [4.69, 9.17) is 5.26 Å². The molecule has 2 aromatic carbocycles. The Morgan fingerprint density at radius 2 is 1.61 bits per heavy atom. The summed E-state index contributed by atoms with van der Waals surface area (Å²) in [5.74, 6) is -0.329. The molecule has 0 amide bonds. The van der Waals surface area contributed by atoms with Gasteiger partial charge < -0.3 is 5.11 Å². The second kappa shape index (κ2) is 5.82. The van der Waals surface area contributed by atoms with Crippen LogP contribution in [0.3, 0.4) is 0 Å². The van der Waals surface area contributed by atoms with Crippen LogP contribution in [0.2, 0.25) is 0 Å². The molecule has 0 aliphatic carbocycles. The lowest BCUT2D eigenvalue weighted by atomic mass is 10.1. The average Bonchev–Trinajstić information content (AvgIpc) is 2.56. The van der Waals surface area contributed by atoms with Gasteiger partial charge in [0.15, 0.2) is 0 Å². The molecule has 0 fully saturated rings. The van der Waals surface area contributed by atoms with Gasteiger partial charge >= 0.3 is 0 Å². The molecule has 0 atom stereocenters. The molecular weight excluding hydrogens is 288 g/mol. The van der Waals surface area contributed by atoms with Crippen LogP contribution in [0.4, 0.5) is 0 Å². The minimum atomic E-state index is -0.369. The van der Waals surface area contributed by atoms with Crippen molar-refractivity contribution in [2.75, 3.05) is 0 Å². The summed E-state index contributed by atoms with van der Waals surface area (Å²) in [6.45, 7) is 1.63. The van der Waals surface area contributed by atoms with Gasteiger partial charge in [0.25, 0.3) is 5.56 Å². The molecule has 0 bridgehead atoms. The third-order valence-corrected chi connectivity index (χ3v) is 3.73. The highest BCUT2D eigenvalue weighted by Crippen LogP contribution is 2.24. The molecule has 0 aliphatic heterocycles. The van der Waals surface area contributed by atoms with Gasteiger partial charge in [-0.2, -0.15) is 5.26 Å². The third kappa shape index (κ3) is 2.60. The van der Waals surface area contributed by atoms with E-state index in [2.05, 4.69) is 0 Å². The van der Waals surface area contributed by atoms with Crippen LogP contribution in [0.5, 0.6) is 5.88 Å². The number of nitriles is 1. The van der Waals surface area contributed by atoms with Gasteiger partial charge in [-0.25, -0.2) is 4.57 Å². The monoisotopic (exact) mass is 302 g/mol. The topological polar surface area (TPSA) is 66.0 Å². The average molecular weight is 302 g/mol. The number of aryl methyl sites for hydroxylation is 1. The Morgan fingerprint density at radius 3 is 2.22 bits per heavy atom. The Labute approximate surface area is 133 Å². The highest BCUT2D eigenvalue weighted by molar-refractivity contribution is 5.64. The lowest BCUT2D eigenvalue weighted by Gasteiger charge is -2.11. The quantitative estimate of drug-likeness (QED) is 0.789. The highest BCUT2D eigenvalue weighted by atomic mass is 16.3. The maximum absolute atomic E-state index is 12.2. The fourth-order valence-electron chi connectivity index (χ4n) is 2.54. The van der Waals surface area contributed by atoms with Crippen molar-refractivity contribution in [1.82, 2.24) is 4.57 Å². The van der Waals surface area contributed by atoms with Crippen molar-refractivity contribution in [2.45, 2.75) is 6.92 Å². The van der Waals surface area contributed by atoms with E-state index >= 15 is 0 Å². The smallest absolute Gasteiger partial charge is 0.258 e. The zero-order valence-electron chi connectivity index (χ0n) is 12.5. The summed E-state index contributed by atoms with van der Waals surface area (Å²) in [5, 5.41) is 19.4. The van der Waals surface area contributed by atoms with Crippen molar-refractivity contribution >= 4 is 0 Å². The van der Waals surface area contributed by atoms with Gasteiger partial charge in [-0.15, -0.1) is 0 Å². The van der Waals surface area contributed by atoms with E-state index in [1.165, 1.54) is 6.07 Å². The van der Waals surface area contributed by atoms with E-state index in [9.17, 15) is 9.90 Å². The van der Waals surface area contributed by atoms with Crippen molar-refractivity contribution < 1.29 is 5.11 Å². The number of nitrogens with zero attached hydrogens (tertiary/aromatic N) is 2. The molecule has 0 radical (unpaired) electrons. The normalized spacial score (nSPS) is 10.3. The molecule has 0 spiro atoms. The van der Waals surface area contributed by atoms with Gasteiger partial charge in [-0.1, -0.05) is 42.5 Å². The maximum atomic E-state index is 12.2. The fourth-order valence-corrected chi connectivity index (χ4v) is 2.54. The number of aromatic hydroxyl groups is 1. The first-order valence-corrected chi connectivity index (χ1v) is 7.13. The first kappa shape index (κ1) is 14.6. The Morgan fingerprint density at radius 1 is 1.00 bits per heavy atom. The summed E-state index contributed by atoms with van der Waals surface area (Å²) in [7, 11) is 0. The Kier molecular flexibility index (Phi) is 3.70. The van der Waals surface area contributed by atoms with E-state index in [-0.39, 0.29) is 17.0 Å². The first-order valence-electron chi connectivity index (χ1n) is 7.13. The zero-order valence-corrected chi connectivity index (χ0v) is 12.5. The fraction of sp³-hybridized carbons (Fsp3) is 0.0526. The van der Waals surface area contributed by atoms with Crippen LogP contribution in [0.25, 0.3) is 16.8 Å². The molecule has 3 rings (SSSR count). The summed E-state index contributed by atoms with van der Waals surface area (Å²) in [6.07, 6.45) is 0. The van der Waals surface area contributed by atoms with Crippen molar-refractivity contribution in [3.8, 4) is 28.8 Å². The minimum absolute atomic E-state index is 0.108. The number of benzene rings is 2. The second-order valence-corrected chi connectivity index (χ2v) is 5.22. The summed E-state index contributed by atoms with van der Waals surface area (Å²) in [4.78, 5) is 12.2. The van der Waals surface area contributed by atoms with Crippen LogP contribution < -0.4 is 5.56 Å². The Bertz CT molecular complexity index is 950. The van der Waals surface area contributed by atoms with Gasteiger partial charge in [-0.05, 0) is 35.7 Å². The molecule has 112 valence electrons. The molecule has 4 heteroatoms. The van der Waals surface area contributed by atoms with Crippen molar-refractivity contribution in [1.29, 1.82) is 5.26 Å². The molecule has 0 aliphatic rings. The van der Waals surface area contributed by atoms with Crippen LogP contribution in [0.15, 0.2) is 65.5 Å². The van der Waals surface area contributed by atoms with Crippen LogP contribution in [0.1, 0.15) is 11.1 Å². The Hall–Kier alpha value is -3.32. The lowest BCUT2D eigenvalue weighted by molar-refractivity contribution is 0.433. The molecule has 3 aromatic rings. The molecule has 0 saturated carbocycles. The maximum Gasteiger partial charge on any atom is 0.258 e. The third-order valence-electron chi connectivity index (χ3n) is 3.73. The van der Waals surface area contributed by atoms with Crippen molar-refractivity contribution in [3.63, 3.8) is 0 Å². The number of hydrogen-bond donors (Lipinski definition) is 1. The van der Waals surface area contributed by atoms with E-state index in [1.807, 2.05) is 48.5 Å². The molecule has 0 unspecified atom stereocenters.